The van der Waals surface area contributed by atoms with E-state index < -0.39 is 11.6 Å². The first kappa shape index (κ1) is 26.2. The number of aliphatic carboxylic acids is 1. The van der Waals surface area contributed by atoms with E-state index in [9.17, 15) is 15.0 Å². The lowest BCUT2D eigenvalue weighted by atomic mass is 9.84. The van der Waals surface area contributed by atoms with Crippen molar-refractivity contribution in [3.63, 3.8) is 0 Å². The number of aliphatic hydroxyl groups is 1. The summed E-state index contributed by atoms with van der Waals surface area (Å²) in [5.74, 6) is 0.0642. The molecular weight excluding hydrogens is 500 g/mol. The van der Waals surface area contributed by atoms with Crippen LogP contribution in [0.5, 0.6) is 5.88 Å². The van der Waals surface area contributed by atoms with Gasteiger partial charge in [-0.1, -0.05) is 48.0 Å². The highest BCUT2D eigenvalue weighted by Crippen LogP contribution is 2.39. The summed E-state index contributed by atoms with van der Waals surface area (Å²) in [5.41, 5.74) is 3.21. The third-order valence-electron chi connectivity index (χ3n) is 7.45. The van der Waals surface area contributed by atoms with Gasteiger partial charge in [0.25, 0.3) is 0 Å². The Morgan fingerprint density at radius 3 is 2.74 bits per heavy atom. The van der Waals surface area contributed by atoms with E-state index >= 15 is 0 Å². The van der Waals surface area contributed by atoms with Crippen LogP contribution < -0.4 is 4.74 Å². The van der Waals surface area contributed by atoms with Crippen molar-refractivity contribution >= 4 is 23.1 Å². The van der Waals surface area contributed by atoms with E-state index in [1.807, 2.05) is 54.6 Å². The molecule has 1 aromatic heterocycles. The zero-order chi connectivity index (χ0) is 26.7. The molecule has 2 N–H and O–H groups in total. The average molecular weight is 531 g/mol. The first-order valence-corrected chi connectivity index (χ1v) is 13.3. The Morgan fingerprint density at radius 1 is 1.24 bits per heavy atom. The smallest absolute Gasteiger partial charge is 0.330 e. The van der Waals surface area contributed by atoms with Crippen molar-refractivity contribution in [2.75, 3.05) is 19.6 Å². The minimum atomic E-state index is -0.935. The van der Waals surface area contributed by atoms with Crippen molar-refractivity contribution in [3.8, 4) is 5.88 Å². The fourth-order valence-electron chi connectivity index (χ4n) is 5.18. The maximum absolute atomic E-state index is 11.5. The molecule has 1 saturated heterocycles. The van der Waals surface area contributed by atoms with E-state index in [2.05, 4.69) is 22.0 Å². The second kappa shape index (κ2) is 11.1. The Labute approximate surface area is 227 Å². The number of allylic oxidation sites excluding steroid dienone is 7. The van der Waals surface area contributed by atoms with Crippen molar-refractivity contribution in [2.24, 2.45) is 5.92 Å². The highest BCUT2D eigenvalue weighted by atomic mass is 35.5. The van der Waals surface area contributed by atoms with E-state index in [4.69, 9.17) is 16.3 Å². The summed E-state index contributed by atoms with van der Waals surface area (Å²) in [6, 6.07) is 11.4. The molecule has 0 amide bonds. The molecule has 5 rings (SSSR count). The molecule has 38 heavy (non-hydrogen) atoms. The van der Waals surface area contributed by atoms with Gasteiger partial charge in [-0.25, -0.2) is 9.78 Å². The molecule has 1 aromatic carbocycles. The molecule has 2 aromatic rings. The number of halogens is 1. The third kappa shape index (κ3) is 5.68. The summed E-state index contributed by atoms with van der Waals surface area (Å²) in [6.45, 7) is 4.09. The molecule has 1 atom stereocenters. The maximum atomic E-state index is 11.5. The number of ether oxygens (including phenoxy) is 1. The monoisotopic (exact) mass is 530 g/mol. The first-order chi connectivity index (χ1) is 18.3. The topological polar surface area (TPSA) is 82.9 Å². The lowest BCUT2D eigenvalue weighted by Crippen LogP contribution is -2.42. The lowest BCUT2D eigenvalue weighted by molar-refractivity contribution is -0.132. The average Bonchev–Trinajstić information content (AvgIpc) is 3.07. The van der Waals surface area contributed by atoms with Crippen molar-refractivity contribution in [1.29, 1.82) is 0 Å². The maximum Gasteiger partial charge on any atom is 0.330 e. The van der Waals surface area contributed by atoms with Crippen LogP contribution in [-0.4, -0.2) is 45.7 Å². The van der Waals surface area contributed by atoms with Crippen LogP contribution in [0.2, 0.25) is 5.02 Å². The van der Waals surface area contributed by atoms with E-state index in [-0.39, 0.29) is 11.5 Å². The molecule has 0 radical (unpaired) electrons. The zero-order valence-corrected chi connectivity index (χ0v) is 22.1. The fraction of sp³-hybridized carbons (Fsp3) is 0.290. The Balaban J connectivity index is 1.33. The molecular formula is C31H31ClN2O4. The number of nitrogens with zero attached hydrogens (tertiary/aromatic N) is 2. The summed E-state index contributed by atoms with van der Waals surface area (Å²) in [7, 11) is 0. The van der Waals surface area contributed by atoms with Gasteiger partial charge in [0.1, 0.15) is 5.76 Å². The van der Waals surface area contributed by atoms with Crippen LogP contribution in [0, 0.1) is 5.92 Å². The molecule has 196 valence electrons. The van der Waals surface area contributed by atoms with Crippen LogP contribution in [0.3, 0.4) is 0 Å². The molecule has 1 unspecified atom stereocenters. The van der Waals surface area contributed by atoms with Gasteiger partial charge in [0.15, 0.2) is 0 Å². The number of carbonyl (C=O) groups is 1. The number of rotatable bonds is 6. The molecule has 0 spiro atoms. The number of carboxylic acid groups (broad SMARTS) is 1. The predicted octanol–water partition coefficient (Wildman–Crippen LogP) is 5.91. The number of fused-ring (bicyclic) bond motifs is 2. The van der Waals surface area contributed by atoms with E-state index in [0.717, 1.165) is 48.3 Å². The third-order valence-corrected chi connectivity index (χ3v) is 7.70. The van der Waals surface area contributed by atoms with Gasteiger partial charge in [-0.3, -0.25) is 0 Å². The van der Waals surface area contributed by atoms with Crippen LogP contribution >= 0.6 is 11.6 Å². The predicted molar refractivity (Wildman–Crippen MR) is 149 cm³/mol. The standard InChI is InChI=1S/C31H31ClN2O4/c1-21(30(35)36)19-22-5-2-8-28-27(22)20-23(26-7-3-15-33-29(26)38-28)6-4-16-34-17-13-31(37,14-18-34)24-9-11-25(32)12-10-24/h2-3,5-12,15,19-20,22,37H,4,13-14,16-18H2,1H3,(H,35,36)/b21-19?,23-6+. The summed E-state index contributed by atoms with van der Waals surface area (Å²) in [4.78, 5) is 18.3. The van der Waals surface area contributed by atoms with E-state index in [0.29, 0.717) is 29.5 Å². The van der Waals surface area contributed by atoms with Gasteiger partial charge >= 0.3 is 5.97 Å². The quantitative estimate of drug-likeness (QED) is 0.452. The van der Waals surface area contributed by atoms with Gasteiger partial charge in [0, 0.05) is 53.5 Å². The van der Waals surface area contributed by atoms with Crippen molar-refractivity contribution in [3.05, 3.63) is 112 Å². The number of hydrogen-bond acceptors (Lipinski definition) is 5. The molecule has 2 aliphatic heterocycles. The van der Waals surface area contributed by atoms with Crippen LogP contribution in [0.15, 0.2) is 96.0 Å². The molecule has 6 nitrogen and oxygen atoms in total. The molecule has 1 fully saturated rings. The molecule has 0 saturated carbocycles. The van der Waals surface area contributed by atoms with Gasteiger partial charge in [0.2, 0.25) is 5.88 Å². The zero-order valence-electron chi connectivity index (χ0n) is 21.3. The number of pyridine rings is 1. The lowest BCUT2D eigenvalue weighted by Gasteiger charge is -2.38. The highest BCUT2D eigenvalue weighted by Gasteiger charge is 2.33. The Kier molecular flexibility index (Phi) is 7.65. The van der Waals surface area contributed by atoms with Crippen LogP contribution in [-0.2, 0) is 10.4 Å². The number of aromatic nitrogens is 1. The van der Waals surface area contributed by atoms with E-state index in [1.54, 1.807) is 19.2 Å². The highest BCUT2D eigenvalue weighted by molar-refractivity contribution is 6.30. The molecule has 1 aliphatic carbocycles. The summed E-state index contributed by atoms with van der Waals surface area (Å²) in [5, 5.41) is 21.3. The van der Waals surface area contributed by atoms with Gasteiger partial charge in [0.05, 0.1) is 5.60 Å². The number of carboxylic acids is 1. The Bertz CT molecular complexity index is 1360. The second-order valence-corrected chi connectivity index (χ2v) is 10.4. The Morgan fingerprint density at radius 2 is 2.00 bits per heavy atom. The normalized spacial score (nSPS) is 22.0. The minimum Gasteiger partial charge on any atom is -0.478 e. The minimum absolute atomic E-state index is 0.212. The van der Waals surface area contributed by atoms with Crippen LogP contribution in [0.1, 0.15) is 37.3 Å². The second-order valence-electron chi connectivity index (χ2n) is 9.98. The first-order valence-electron chi connectivity index (χ1n) is 12.9. The fourth-order valence-corrected chi connectivity index (χ4v) is 5.31. The molecule has 3 aliphatic rings. The van der Waals surface area contributed by atoms with Crippen LogP contribution in [0.4, 0.5) is 0 Å². The molecule has 0 bridgehead atoms. The van der Waals surface area contributed by atoms with Crippen molar-refractivity contribution < 1.29 is 19.7 Å². The molecule has 7 heteroatoms. The SMILES string of the molecule is CC(=CC1C=CC=C2Oc3ncccc3/C(=C/CCN3CCC(O)(c4ccc(Cl)cc4)CC3)C=C21)C(=O)O. The Hall–Kier alpha value is -3.45. The van der Waals surface area contributed by atoms with Gasteiger partial charge in [-0.2, -0.15) is 0 Å². The molecule has 3 heterocycles. The van der Waals surface area contributed by atoms with Gasteiger partial charge < -0.3 is 19.8 Å². The number of likely N-dealkylation sites (tertiary alicyclic amines) is 1. The van der Waals surface area contributed by atoms with Crippen molar-refractivity contribution in [2.45, 2.75) is 31.8 Å². The van der Waals surface area contributed by atoms with E-state index in [1.165, 1.54) is 0 Å². The number of hydrogen-bond donors (Lipinski definition) is 2. The summed E-state index contributed by atoms with van der Waals surface area (Å²) in [6.07, 6.45) is 15.7. The number of piperidine rings is 1. The van der Waals surface area contributed by atoms with Gasteiger partial charge in [-0.05, 0) is 73.7 Å². The van der Waals surface area contributed by atoms with Gasteiger partial charge in [-0.15, -0.1) is 0 Å². The number of benzene rings is 1. The van der Waals surface area contributed by atoms with Crippen LogP contribution in [0.25, 0.3) is 5.57 Å². The van der Waals surface area contributed by atoms with Crippen molar-refractivity contribution in [1.82, 2.24) is 9.88 Å². The largest absolute Gasteiger partial charge is 0.478 e. The summed E-state index contributed by atoms with van der Waals surface area (Å²) >= 11 is 6.02. The summed E-state index contributed by atoms with van der Waals surface area (Å²) < 4.78 is 6.20.